The van der Waals surface area contributed by atoms with E-state index in [1.54, 1.807) is 18.2 Å². The van der Waals surface area contributed by atoms with Crippen LogP contribution in [-0.4, -0.2) is 25.7 Å². The van der Waals surface area contributed by atoms with Gasteiger partial charge in [0.25, 0.3) is 5.91 Å². The van der Waals surface area contributed by atoms with Gasteiger partial charge in [-0.2, -0.15) is 0 Å². The number of ether oxygens (including phenoxy) is 1. The van der Waals surface area contributed by atoms with Gasteiger partial charge in [-0.1, -0.05) is 18.2 Å². The summed E-state index contributed by atoms with van der Waals surface area (Å²) in [5.74, 6) is -0.0918. The van der Waals surface area contributed by atoms with Crippen molar-refractivity contribution in [2.75, 3.05) is 19.8 Å². The smallest absolute Gasteiger partial charge is 0.251 e. The van der Waals surface area contributed by atoms with Crippen LogP contribution in [0, 0.1) is 0 Å². The molecule has 0 atom stereocenters. The van der Waals surface area contributed by atoms with E-state index in [1.807, 2.05) is 12.1 Å². The molecule has 0 fully saturated rings. The fourth-order valence-electron chi connectivity index (χ4n) is 1.40. The second-order valence-electron chi connectivity index (χ2n) is 3.85. The lowest BCUT2D eigenvalue weighted by molar-refractivity contribution is 0.0918. The first-order valence-corrected chi connectivity index (χ1v) is 6.03. The molecule has 0 radical (unpaired) electrons. The van der Waals surface area contributed by atoms with Crippen LogP contribution in [0.1, 0.15) is 22.3 Å². The Balaban J connectivity index is 0.00000324. The summed E-state index contributed by atoms with van der Waals surface area (Å²) in [6, 6.07) is 7.26. The Kier molecular flexibility index (Phi) is 9.80. The summed E-state index contributed by atoms with van der Waals surface area (Å²) in [5, 5.41) is 2.79. The molecule has 19 heavy (non-hydrogen) atoms. The van der Waals surface area contributed by atoms with E-state index >= 15 is 0 Å². The van der Waals surface area contributed by atoms with E-state index in [0.29, 0.717) is 31.9 Å². The topological polar surface area (TPSA) is 64.3 Å². The first-order valence-electron chi connectivity index (χ1n) is 6.03. The standard InChI is InChI=1S/C14H20N2O2.ClH/c1-2-3-9-18-10-8-16-14(17)13-6-4-12(11-15)5-7-13;/h2,4-7H,1,3,8-11,15H2,(H,16,17);1H. The molecule has 0 saturated carbocycles. The van der Waals surface area contributed by atoms with E-state index in [1.165, 1.54) is 0 Å². The number of rotatable bonds is 8. The van der Waals surface area contributed by atoms with Gasteiger partial charge >= 0.3 is 0 Å². The summed E-state index contributed by atoms with van der Waals surface area (Å²) in [4.78, 5) is 11.7. The Morgan fingerprint density at radius 3 is 2.58 bits per heavy atom. The average Bonchev–Trinajstić information content (AvgIpc) is 2.42. The quantitative estimate of drug-likeness (QED) is 0.566. The zero-order valence-electron chi connectivity index (χ0n) is 10.9. The summed E-state index contributed by atoms with van der Waals surface area (Å²) >= 11 is 0. The minimum atomic E-state index is -0.0918. The molecule has 0 aliphatic carbocycles. The highest BCUT2D eigenvalue weighted by Gasteiger charge is 2.03. The Labute approximate surface area is 120 Å². The maximum Gasteiger partial charge on any atom is 0.251 e. The third-order valence-electron chi connectivity index (χ3n) is 2.45. The van der Waals surface area contributed by atoms with Gasteiger partial charge in [-0.05, 0) is 24.1 Å². The van der Waals surface area contributed by atoms with E-state index in [0.717, 1.165) is 12.0 Å². The molecule has 5 heteroatoms. The molecular weight excluding hydrogens is 264 g/mol. The molecule has 0 aliphatic heterocycles. The molecule has 0 heterocycles. The fraction of sp³-hybridized carbons (Fsp3) is 0.357. The van der Waals surface area contributed by atoms with Crippen LogP contribution in [-0.2, 0) is 11.3 Å². The van der Waals surface area contributed by atoms with Crippen LogP contribution in [0.15, 0.2) is 36.9 Å². The van der Waals surface area contributed by atoms with Crippen LogP contribution >= 0.6 is 12.4 Å². The van der Waals surface area contributed by atoms with Crippen molar-refractivity contribution < 1.29 is 9.53 Å². The minimum absolute atomic E-state index is 0. The van der Waals surface area contributed by atoms with Crippen molar-refractivity contribution in [3.63, 3.8) is 0 Å². The van der Waals surface area contributed by atoms with Gasteiger partial charge < -0.3 is 15.8 Å². The SMILES string of the molecule is C=CCCOCCNC(=O)c1ccc(CN)cc1.Cl. The highest BCUT2D eigenvalue weighted by molar-refractivity contribution is 5.94. The average molecular weight is 285 g/mol. The van der Waals surface area contributed by atoms with Gasteiger partial charge in [-0.3, -0.25) is 4.79 Å². The van der Waals surface area contributed by atoms with Gasteiger partial charge in [0.1, 0.15) is 0 Å². The fourth-order valence-corrected chi connectivity index (χ4v) is 1.40. The maximum absolute atomic E-state index is 11.7. The van der Waals surface area contributed by atoms with E-state index < -0.39 is 0 Å². The number of carbonyl (C=O) groups excluding carboxylic acids is 1. The van der Waals surface area contributed by atoms with E-state index in [4.69, 9.17) is 10.5 Å². The van der Waals surface area contributed by atoms with Crippen molar-refractivity contribution in [2.24, 2.45) is 5.73 Å². The predicted octanol–water partition coefficient (Wildman–Crippen LogP) is 1.89. The summed E-state index contributed by atoms with van der Waals surface area (Å²) in [7, 11) is 0. The molecule has 3 N–H and O–H groups in total. The van der Waals surface area contributed by atoms with Crippen LogP contribution in [0.3, 0.4) is 0 Å². The molecule has 0 spiro atoms. The van der Waals surface area contributed by atoms with Crippen LogP contribution in [0.4, 0.5) is 0 Å². The second kappa shape index (κ2) is 10.6. The summed E-state index contributed by atoms with van der Waals surface area (Å²) in [5.41, 5.74) is 7.14. The number of carbonyl (C=O) groups is 1. The zero-order chi connectivity index (χ0) is 13.2. The molecule has 106 valence electrons. The summed E-state index contributed by atoms with van der Waals surface area (Å²) in [6.07, 6.45) is 2.63. The van der Waals surface area contributed by atoms with Crippen LogP contribution in [0.25, 0.3) is 0 Å². The van der Waals surface area contributed by atoms with Gasteiger partial charge in [0.05, 0.1) is 13.2 Å². The van der Waals surface area contributed by atoms with E-state index in [9.17, 15) is 4.79 Å². The summed E-state index contributed by atoms with van der Waals surface area (Å²) < 4.78 is 5.29. The van der Waals surface area contributed by atoms with Gasteiger partial charge in [-0.25, -0.2) is 0 Å². The third-order valence-corrected chi connectivity index (χ3v) is 2.45. The van der Waals surface area contributed by atoms with Gasteiger partial charge in [0.2, 0.25) is 0 Å². The number of benzene rings is 1. The molecule has 4 nitrogen and oxygen atoms in total. The Morgan fingerprint density at radius 2 is 2.00 bits per heavy atom. The minimum Gasteiger partial charge on any atom is -0.379 e. The van der Waals surface area contributed by atoms with Gasteiger partial charge in [-0.15, -0.1) is 19.0 Å². The molecule has 1 aromatic rings. The number of nitrogens with one attached hydrogen (secondary N) is 1. The second-order valence-corrected chi connectivity index (χ2v) is 3.85. The third kappa shape index (κ3) is 6.96. The Morgan fingerprint density at radius 1 is 1.32 bits per heavy atom. The van der Waals surface area contributed by atoms with E-state index in [2.05, 4.69) is 11.9 Å². The molecule has 0 aromatic heterocycles. The number of hydrogen-bond donors (Lipinski definition) is 2. The molecule has 0 aliphatic rings. The van der Waals surface area contributed by atoms with Crippen molar-refractivity contribution in [3.8, 4) is 0 Å². The molecule has 1 aromatic carbocycles. The zero-order valence-corrected chi connectivity index (χ0v) is 11.7. The molecule has 1 rings (SSSR count). The van der Waals surface area contributed by atoms with Gasteiger partial charge in [0, 0.05) is 18.7 Å². The highest BCUT2D eigenvalue weighted by Crippen LogP contribution is 2.03. The van der Waals surface area contributed by atoms with Crippen molar-refractivity contribution in [1.82, 2.24) is 5.32 Å². The number of nitrogens with two attached hydrogens (primary N) is 1. The maximum atomic E-state index is 11.7. The molecule has 0 saturated heterocycles. The summed E-state index contributed by atoms with van der Waals surface area (Å²) in [6.45, 7) is 5.75. The van der Waals surface area contributed by atoms with Crippen molar-refractivity contribution >= 4 is 18.3 Å². The van der Waals surface area contributed by atoms with Crippen molar-refractivity contribution in [2.45, 2.75) is 13.0 Å². The van der Waals surface area contributed by atoms with E-state index in [-0.39, 0.29) is 18.3 Å². The highest BCUT2D eigenvalue weighted by atomic mass is 35.5. The lowest BCUT2D eigenvalue weighted by Crippen LogP contribution is -2.27. The normalized spacial score (nSPS) is 9.53. The molecule has 0 unspecified atom stereocenters. The van der Waals surface area contributed by atoms with Crippen molar-refractivity contribution in [1.29, 1.82) is 0 Å². The predicted molar refractivity (Wildman–Crippen MR) is 79.5 cm³/mol. The first-order chi connectivity index (χ1) is 8.77. The lowest BCUT2D eigenvalue weighted by Gasteiger charge is -2.06. The van der Waals surface area contributed by atoms with Crippen LogP contribution < -0.4 is 11.1 Å². The van der Waals surface area contributed by atoms with Gasteiger partial charge in [0.15, 0.2) is 0 Å². The lowest BCUT2D eigenvalue weighted by atomic mass is 10.1. The van der Waals surface area contributed by atoms with Crippen LogP contribution in [0.2, 0.25) is 0 Å². The molecular formula is C14H21ClN2O2. The number of amides is 1. The van der Waals surface area contributed by atoms with Crippen molar-refractivity contribution in [3.05, 3.63) is 48.0 Å². The number of halogens is 1. The first kappa shape index (κ1) is 17.6. The largest absolute Gasteiger partial charge is 0.379 e. The van der Waals surface area contributed by atoms with Crippen LogP contribution in [0.5, 0.6) is 0 Å². The monoisotopic (exact) mass is 284 g/mol. The molecule has 0 bridgehead atoms. The molecule has 1 amide bonds. The Bertz CT molecular complexity index is 380. The Hall–Kier alpha value is -1.36. The number of hydrogen-bond acceptors (Lipinski definition) is 3.